The first kappa shape index (κ1) is 20.8. The van der Waals surface area contributed by atoms with Crippen LogP contribution >= 0.6 is 0 Å². The fraction of sp³-hybridized carbons (Fsp3) is 0.320. The van der Waals surface area contributed by atoms with Crippen LogP contribution in [0.4, 0.5) is 0 Å². The first-order valence-electron chi connectivity index (χ1n) is 10.8. The Morgan fingerprint density at radius 1 is 0.935 bits per heavy atom. The predicted molar refractivity (Wildman–Crippen MR) is 121 cm³/mol. The van der Waals surface area contributed by atoms with Gasteiger partial charge in [0.2, 0.25) is 5.91 Å². The van der Waals surface area contributed by atoms with Gasteiger partial charge in [-0.25, -0.2) is 0 Å². The second kappa shape index (κ2) is 9.16. The molecule has 1 saturated heterocycles. The van der Waals surface area contributed by atoms with Gasteiger partial charge in [-0.15, -0.1) is 0 Å². The van der Waals surface area contributed by atoms with Crippen LogP contribution in [0.5, 0.6) is 0 Å². The van der Waals surface area contributed by atoms with E-state index >= 15 is 0 Å². The van der Waals surface area contributed by atoms with Crippen molar-refractivity contribution in [2.75, 3.05) is 19.6 Å². The lowest BCUT2D eigenvalue weighted by molar-refractivity contribution is -0.129. The molecule has 0 spiro atoms. The van der Waals surface area contributed by atoms with Gasteiger partial charge in [0.15, 0.2) is 0 Å². The lowest BCUT2D eigenvalue weighted by Crippen LogP contribution is -2.38. The van der Waals surface area contributed by atoms with Crippen molar-refractivity contribution >= 4 is 11.8 Å². The van der Waals surface area contributed by atoms with Crippen LogP contribution < -0.4 is 5.32 Å². The summed E-state index contributed by atoms with van der Waals surface area (Å²) in [6.07, 6.45) is 3.83. The van der Waals surface area contributed by atoms with Crippen molar-refractivity contribution < 1.29 is 9.59 Å². The van der Waals surface area contributed by atoms with E-state index < -0.39 is 0 Å². The number of hydrogen-bond acceptors (Lipinski definition) is 3. The summed E-state index contributed by atoms with van der Waals surface area (Å²) >= 11 is 0. The zero-order valence-electron chi connectivity index (χ0n) is 18.1. The quantitative estimate of drug-likeness (QED) is 0.668. The highest BCUT2D eigenvalue weighted by atomic mass is 16.2. The first-order chi connectivity index (χ1) is 15.0. The van der Waals surface area contributed by atoms with Crippen LogP contribution in [0.2, 0.25) is 0 Å². The molecule has 160 valence electrons. The topological polar surface area (TPSA) is 67.2 Å². The largest absolute Gasteiger partial charge is 0.343 e. The Bertz CT molecular complexity index is 1060. The fourth-order valence-electron chi connectivity index (χ4n) is 3.80. The summed E-state index contributed by atoms with van der Waals surface area (Å²) in [5, 5.41) is 7.51. The van der Waals surface area contributed by atoms with Crippen LogP contribution in [-0.4, -0.2) is 46.1 Å². The second-order valence-electron chi connectivity index (χ2n) is 8.21. The number of benzene rings is 2. The third kappa shape index (κ3) is 5.02. The van der Waals surface area contributed by atoms with Crippen LogP contribution in [-0.2, 0) is 11.3 Å². The molecule has 2 aromatic carbocycles. The molecule has 1 aliphatic rings. The number of aromatic nitrogens is 2. The molecule has 0 radical (unpaired) electrons. The van der Waals surface area contributed by atoms with Crippen molar-refractivity contribution in [3.63, 3.8) is 0 Å². The van der Waals surface area contributed by atoms with E-state index in [4.69, 9.17) is 5.10 Å². The number of nitrogens with zero attached hydrogens (tertiary/aromatic N) is 3. The number of likely N-dealkylation sites (tertiary alicyclic amines) is 1. The predicted octanol–water partition coefficient (Wildman–Crippen LogP) is 3.57. The maximum atomic E-state index is 13.0. The number of aryl methyl sites for hydroxylation is 2. The van der Waals surface area contributed by atoms with E-state index in [2.05, 4.69) is 36.5 Å². The third-order valence-electron chi connectivity index (χ3n) is 5.66. The van der Waals surface area contributed by atoms with Gasteiger partial charge in [0, 0.05) is 24.8 Å². The Kier molecular flexibility index (Phi) is 6.16. The van der Waals surface area contributed by atoms with Crippen LogP contribution in [0, 0.1) is 13.8 Å². The van der Waals surface area contributed by atoms with Crippen molar-refractivity contribution in [3.8, 4) is 11.3 Å². The van der Waals surface area contributed by atoms with E-state index in [1.54, 1.807) is 10.9 Å². The zero-order chi connectivity index (χ0) is 21.8. The highest BCUT2D eigenvalue weighted by molar-refractivity contribution is 6.01. The highest BCUT2D eigenvalue weighted by Gasteiger charge is 2.21. The van der Waals surface area contributed by atoms with Gasteiger partial charge >= 0.3 is 0 Å². The summed E-state index contributed by atoms with van der Waals surface area (Å²) in [6.45, 7) is 6.21. The molecule has 4 rings (SSSR count). The Morgan fingerprint density at radius 2 is 1.55 bits per heavy atom. The van der Waals surface area contributed by atoms with Gasteiger partial charge in [-0.3, -0.25) is 14.3 Å². The normalized spacial score (nSPS) is 13.4. The van der Waals surface area contributed by atoms with E-state index in [1.807, 2.05) is 36.1 Å². The van der Waals surface area contributed by atoms with Crippen molar-refractivity contribution in [1.29, 1.82) is 0 Å². The lowest BCUT2D eigenvalue weighted by atomic mass is 10.1. The molecule has 6 nitrogen and oxygen atoms in total. The lowest BCUT2D eigenvalue weighted by Gasteiger charge is -2.15. The summed E-state index contributed by atoms with van der Waals surface area (Å²) in [5.74, 6) is -0.312. The summed E-state index contributed by atoms with van der Waals surface area (Å²) in [5.41, 5.74) is 5.43. The van der Waals surface area contributed by atoms with Gasteiger partial charge in [0.05, 0.1) is 18.7 Å². The molecule has 0 aliphatic carbocycles. The van der Waals surface area contributed by atoms with Gasteiger partial charge in [0.25, 0.3) is 5.91 Å². The number of rotatable bonds is 6. The zero-order valence-corrected chi connectivity index (χ0v) is 18.1. The standard InChI is InChI=1S/C25H28N4O2/c1-18-5-9-20(10-6-18)16-29-17-22(24(27-29)21-11-7-19(2)8-12-21)25(31)26-15-23(30)28-13-3-4-14-28/h5-12,17H,3-4,13-16H2,1-2H3,(H,26,31). The molecule has 3 aromatic rings. The Hall–Kier alpha value is -3.41. The number of nitrogens with one attached hydrogen (secondary N) is 1. The van der Waals surface area contributed by atoms with Crippen LogP contribution in [0.3, 0.4) is 0 Å². The van der Waals surface area contributed by atoms with Gasteiger partial charge in [-0.2, -0.15) is 5.10 Å². The Morgan fingerprint density at radius 3 is 2.19 bits per heavy atom. The van der Waals surface area contributed by atoms with Gasteiger partial charge < -0.3 is 10.2 Å². The van der Waals surface area contributed by atoms with E-state index in [1.165, 1.54) is 5.56 Å². The van der Waals surface area contributed by atoms with Crippen molar-refractivity contribution in [2.24, 2.45) is 0 Å². The molecular weight excluding hydrogens is 388 g/mol. The van der Waals surface area contributed by atoms with Crippen LogP contribution in [0.1, 0.15) is 39.9 Å². The number of carbonyl (C=O) groups is 2. The molecule has 0 atom stereocenters. The SMILES string of the molecule is Cc1ccc(Cn2cc(C(=O)NCC(=O)N3CCCC3)c(-c3ccc(C)cc3)n2)cc1. The smallest absolute Gasteiger partial charge is 0.255 e. The molecule has 0 unspecified atom stereocenters. The van der Waals surface area contributed by atoms with Gasteiger partial charge in [0.1, 0.15) is 5.69 Å². The average molecular weight is 417 g/mol. The van der Waals surface area contributed by atoms with Crippen LogP contribution in [0.25, 0.3) is 11.3 Å². The fourth-order valence-corrected chi connectivity index (χ4v) is 3.80. The molecule has 2 amide bonds. The molecule has 1 N–H and O–H groups in total. The van der Waals surface area contributed by atoms with Gasteiger partial charge in [-0.1, -0.05) is 59.7 Å². The number of hydrogen-bond donors (Lipinski definition) is 1. The molecule has 1 aromatic heterocycles. The minimum atomic E-state index is -0.279. The molecule has 31 heavy (non-hydrogen) atoms. The van der Waals surface area contributed by atoms with Crippen molar-refractivity contribution in [2.45, 2.75) is 33.2 Å². The minimum absolute atomic E-state index is 0.00924. The van der Waals surface area contributed by atoms with E-state index in [-0.39, 0.29) is 18.4 Å². The number of carbonyl (C=O) groups excluding carboxylic acids is 2. The van der Waals surface area contributed by atoms with Gasteiger partial charge in [-0.05, 0) is 32.3 Å². The molecule has 0 bridgehead atoms. The molecule has 6 heteroatoms. The monoisotopic (exact) mass is 416 g/mol. The molecule has 1 fully saturated rings. The summed E-state index contributed by atoms with van der Waals surface area (Å²) in [4.78, 5) is 27.1. The van der Waals surface area contributed by atoms with E-state index in [0.717, 1.165) is 42.6 Å². The maximum absolute atomic E-state index is 13.0. The molecule has 0 saturated carbocycles. The van der Waals surface area contributed by atoms with Crippen molar-refractivity contribution in [3.05, 3.63) is 77.0 Å². The molecular formula is C25H28N4O2. The average Bonchev–Trinajstić information content (AvgIpc) is 3.44. The summed E-state index contributed by atoms with van der Waals surface area (Å²) < 4.78 is 1.79. The Labute approximate surface area is 182 Å². The molecule has 1 aliphatic heterocycles. The van der Waals surface area contributed by atoms with Crippen molar-refractivity contribution in [1.82, 2.24) is 20.0 Å². The first-order valence-corrected chi connectivity index (χ1v) is 10.8. The molecule has 2 heterocycles. The second-order valence-corrected chi connectivity index (χ2v) is 8.21. The van der Waals surface area contributed by atoms with Crippen LogP contribution in [0.15, 0.2) is 54.7 Å². The van der Waals surface area contributed by atoms with E-state index in [0.29, 0.717) is 17.8 Å². The highest BCUT2D eigenvalue weighted by Crippen LogP contribution is 2.23. The maximum Gasteiger partial charge on any atom is 0.255 e. The summed E-state index contributed by atoms with van der Waals surface area (Å²) in [7, 11) is 0. The Balaban J connectivity index is 1.56. The third-order valence-corrected chi connectivity index (χ3v) is 5.66. The summed E-state index contributed by atoms with van der Waals surface area (Å²) in [6, 6.07) is 16.2. The van der Waals surface area contributed by atoms with E-state index in [9.17, 15) is 9.59 Å². The number of amides is 2. The minimum Gasteiger partial charge on any atom is -0.343 e.